The summed E-state index contributed by atoms with van der Waals surface area (Å²) in [6, 6.07) is 5.73. The minimum atomic E-state index is -0.0376. The van der Waals surface area contributed by atoms with Crippen LogP contribution in [0.15, 0.2) is 24.4 Å². The standard InChI is InChI=1S/C15H19N5O/c1-2-20(10-11-5-3-4-7-17-11)15(21)14-12-9-16-8-6-13(12)18-19-14/h3-5,7,16H,2,6,8-10H2,1H3,(H,18,19). The van der Waals surface area contributed by atoms with E-state index in [-0.39, 0.29) is 5.91 Å². The van der Waals surface area contributed by atoms with Gasteiger partial charge in [-0.2, -0.15) is 5.10 Å². The van der Waals surface area contributed by atoms with Crippen LogP contribution in [0.2, 0.25) is 0 Å². The third-order valence-corrected chi connectivity index (χ3v) is 3.76. The Balaban J connectivity index is 1.81. The molecule has 0 spiro atoms. The van der Waals surface area contributed by atoms with Crippen LogP contribution in [-0.4, -0.2) is 39.1 Å². The van der Waals surface area contributed by atoms with E-state index in [4.69, 9.17) is 0 Å². The summed E-state index contributed by atoms with van der Waals surface area (Å²) in [5, 5.41) is 10.5. The maximum absolute atomic E-state index is 12.7. The van der Waals surface area contributed by atoms with E-state index in [0.717, 1.165) is 29.9 Å². The summed E-state index contributed by atoms with van der Waals surface area (Å²) >= 11 is 0. The van der Waals surface area contributed by atoms with Gasteiger partial charge in [0.05, 0.1) is 12.2 Å². The van der Waals surface area contributed by atoms with Gasteiger partial charge in [0.2, 0.25) is 0 Å². The van der Waals surface area contributed by atoms with E-state index in [1.165, 1.54) is 0 Å². The Morgan fingerprint density at radius 3 is 3.10 bits per heavy atom. The monoisotopic (exact) mass is 285 g/mol. The zero-order valence-corrected chi connectivity index (χ0v) is 12.1. The predicted octanol–water partition coefficient (Wildman–Crippen LogP) is 1.11. The summed E-state index contributed by atoms with van der Waals surface area (Å²) in [4.78, 5) is 18.8. The third-order valence-electron chi connectivity index (χ3n) is 3.76. The lowest BCUT2D eigenvalue weighted by atomic mass is 10.1. The van der Waals surface area contributed by atoms with Crippen molar-refractivity contribution in [2.45, 2.75) is 26.4 Å². The van der Waals surface area contributed by atoms with Crippen molar-refractivity contribution in [1.82, 2.24) is 25.4 Å². The number of amides is 1. The Labute approximate surface area is 123 Å². The normalized spacial score (nSPS) is 13.8. The van der Waals surface area contributed by atoms with E-state index < -0.39 is 0 Å². The average Bonchev–Trinajstić information content (AvgIpc) is 2.97. The van der Waals surface area contributed by atoms with Crippen LogP contribution in [0.4, 0.5) is 0 Å². The Bertz CT molecular complexity index is 622. The highest BCUT2D eigenvalue weighted by atomic mass is 16.2. The van der Waals surface area contributed by atoms with Gasteiger partial charge >= 0.3 is 0 Å². The first-order valence-corrected chi connectivity index (χ1v) is 7.25. The van der Waals surface area contributed by atoms with Crippen LogP contribution < -0.4 is 5.32 Å². The zero-order chi connectivity index (χ0) is 14.7. The Morgan fingerprint density at radius 2 is 2.33 bits per heavy atom. The number of aromatic nitrogens is 3. The van der Waals surface area contributed by atoms with Gasteiger partial charge < -0.3 is 10.2 Å². The van der Waals surface area contributed by atoms with Crippen molar-refractivity contribution < 1.29 is 4.79 Å². The van der Waals surface area contributed by atoms with Gasteiger partial charge in [-0.05, 0) is 19.1 Å². The van der Waals surface area contributed by atoms with E-state index in [2.05, 4.69) is 20.5 Å². The molecule has 1 aliphatic rings. The molecule has 0 saturated heterocycles. The molecular weight excluding hydrogens is 266 g/mol. The molecule has 0 saturated carbocycles. The summed E-state index contributed by atoms with van der Waals surface area (Å²) < 4.78 is 0. The lowest BCUT2D eigenvalue weighted by Gasteiger charge is -2.21. The SMILES string of the molecule is CCN(Cc1ccccn1)C(=O)c1n[nH]c2c1CNCC2. The van der Waals surface area contributed by atoms with Crippen molar-refractivity contribution in [1.29, 1.82) is 0 Å². The summed E-state index contributed by atoms with van der Waals surface area (Å²) in [6.45, 7) is 4.73. The first kappa shape index (κ1) is 13.8. The van der Waals surface area contributed by atoms with E-state index in [9.17, 15) is 4.79 Å². The highest BCUT2D eigenvalue weighted by Crippen LogP contribution is 2.17. The second kappa shape index (κ2) is 6.05. The van der Waals surface area contributed by atoms with Gasteiger partial charge in [0.1, 0.15) is 0 Å². The van der Waals surface area contributed by atoms with Gasteiger partial charge in [0.15, 0.2) is 5.69 Å². The fourth-order valence-corrected chi connectivity index (χ4v) is 2.57. The van der Waals surface area contributed by atoms with Crippen LogP contribution in [-0.2, 0) is 19.5 Å². The van der Waals surface area contributed by atoms with Crippen LogP contribution in [0.5, 0.6) is 0 Å². The molecule has 2 N–H and O–H groups in total. The molecule has 110 valence electrons. The fraction of sp³-hybridized carbons (Fsp3) is 0.400. The van der Waals surface area contributed by atoms with Crippen molar-refractivity contribution in [3.8, 4) is 0 Å². The molecule has 0 bridgehead atoms. The number of aromatic amines is 1. The molecule has 1 aliphatic heterocycles. The number of carbonyl (C=O) groups excluding carboxylic acids is 1. The molecule has 0 atom stereocenters. The van der Waals surface area contributed by atoms with E-state index >= 15 is 0 Å². The zero-order valence-electron chi connectivity index (χ0n) is 12.1. The lowest BCUT2D eigenvalue weighted by molar-refractivity contribution is 0.0743. The molecule has 3 rings (SSSR count). The molecule has 2 aromatic heterocycles. The molecule has 1 amide bonds. The fourth-order valence-electron chi connectivity index (χ4n) is 2.57. The number of H-pyrrole nitrogens is 1. The van der Waals surface area contributed by atoms with Gasteiger partial charge in [-0.3, -0.25) is 14.9 Å². The lowest BCUT2D eigenvalue weighted by Crippen LogP contribution is -2.33. The van der Waals surface area contributed by atoms with Crippen LogP contribution in [0.25, 0.3) is 0 Å². The summed E-state index contributed by atoms with van der Waals surface area (Å²) in [7, 11) is 0. The number of nitrogens with zero attached hydrogens (tertiary/aromatic N) is 3. The molecule has 0 unspecified atom stereocenters. The summed E-state index contributed by atoms with van der Waals surface area (Å²) in [6.07, 6.45) is 2.63. The molecule has 0 radical (unpaired) electrons. The van der Waals surface area contributed by atoms with E-state index in [1.54, 1.807) is 11.1 Å². The van der Waals surface area contributed by atoms with Crippen LogP contribution in [0, 0.1) is 0 Å². The third kappa shape index (κ3) is 2.80. The number of carbonyl (C=O) groups is 1. The molecule has 3 heterocycles. The Kier molecular flexibility index (Phi) is 3.96. The van der Waals surface area contributed by atoms with Crippen LogP contribution in [0.1, 0.15) is 34.4 Å². The van der Waals surface area contributed by atoms with Crippen LogP contribution >= 0.6 is 0 Å². The van der Waals surface area contributed by atoms with Gasteiger partial charge in [-0.15, -0.1) is 0 Å². The maximum atomic E-state index is 12.7. The highest BCUT2D eigenvalue weighted by molar-refractivity contribution is 5.94. The maximum Gasteiger partial charge on any atom is 0.275 e. The molecule has 6 nitrogen and oxygen atoms in total. The topological polar surface area (TPSA) is 73.9 Å². The second-order valence-corrected chi connectivity index (χ2v) is 5.10. The molecule has 0 aromatic carbocycles. The van der Waals surface area contributed by atoms with E-state index in [1.807, 2.05) is 25.1 Å². The van der Waals surface area contributed by atoms with E-state index in [0.29, 0.717) is 25.3 Å². The van der Waals surface area contributed by atoms with Crippen molar-refractivity contribution >= 4 is 5.91 Å². The minimum absolute atomic E-state index is 0.0376. The first-order chi connectivity index (χ1) is 10.3. The molecule has 0 fully saturated rings. The largest absolute Gasteiger partial charge is 0.332 e. The first-order valence-electron chi connectivity index (χ1n) is 7.25. The number of rotatable bonds is 4. The number of nitrogens with one attached hydrogen (secondary N) is 2. The number of pyridine rings is 1. The Morgan fingerprint density at radius 1 is 1.43 bits per heavy atom. The second-order valence-electron chi connectivity index (χ2n) is 5.10. The smallest absolute Gasteiger partial charge is 0.275 e. The number of fused-ring (bicyclic) bond motifs is 1. The van der Waals surface area contributed by atoms with Crippen molar-refractivity contribution in [2.75, 3.05) is 13.1 Å². The van der Waals surface area contributed by atoms with Crippen molar-refractivity contribution in [2.24, 2.45) is 0 Å². The minimum Gasteiger partial charge on any atom is -0.332 e. The summed E-state index contributed by atoms with van der Waals surface area (Å²) in [5.41, 5.74) is 3.50. The van der Waals surface area contributed by atoms with Gasteiger partial charge in [0.25, 0.3) is 5.91 Å². The molecule has 0 aliphatic carbocycles. The molecule has 2 aromatic rings. The Hall–Kier alpha value is -2.21. The van der Waals surface area contributed by atoms with Gasteiger partial charge in [-0.25, -0.2) is 0 Å². The quantitative estimate of drug-likeness (QED) is 0.882. The van der Waals surface area contributed by atoms with Crippen molar-refractivity contribution in [3.05, 3.63) is 47.0 Å². The number of hydrogen-bond donors (Lipinski definition) is 2. The molecule has 6 heteroatoms. The van der Waals surface area contributed by atoms with Gasteiger partial charge in [-0.1, -0.05) is 6.07 Å². The molecular formula is C15H19N5O. The molecule has 21 heavy (non-hydrogen) atoms. The predicted molar refractivity (Wildman–Crippen MR) is 78.6 cm³/mol. The van der Waals surface area contributed by atoms with Crippen molar-refractivity contribution in [3.63, 3.8) is 0 Å². The number of hydrogen-bond acceptors (Lipinski definition) is 4. The summed E-state index contributed by atoms with van der Waals surface area (Å²) in [5.74, 6) is -0.0376. The highest BCUT2D eigenvalue weighted by Gasteiger charge is 2.25. The van der Waals surface area contributed by atoms with Gasteiger partial charge in [0, 0.05) is 43.5 Å². The average molecular weight is 285 g/mol. The van der Waals surface area contributed by atoms with Crippen LogP contribution in [0.3, 0.4) is 0 Å².